The van der Waals surface area contributed by atoms with Gasteiger partial charge in [0.2, 0.25) is 0 Å². The lowest BCUT2D eigenvalue weighted by atomic mass is 9.90. The van der Waals surface area contributed by atoms with Gasteiger partial charge in [-0.25, -0.2) is 9.97 Å². The predicted molar refractivity (Wildman–Crippen MR) is 215 cm³/mol. The molecular formula is C46H48N4. The topological polar surface area (TPSA) is 57.4 Å². The van der Waals surface area contributed by atoms with Crippen molar-refractivity contribution in [3.63, 3.8) is 0 Å². The third-order valence-corrected chi connectivity index (χ3v) is 11.2. The maximum Gasteiger partial charge on any atom is 0.0744 e. The largest absolute Gasteiger partial charge is 0.355 e. The van der Waals surface area contributed by atoms with Crippen molar-refractivity contribution in [2.24, 2.45) is 0 Å². The summed E-state index contributed by atoms with van der Waals surface area (Å²) in [5.41, 5.74) is 19.4. The molecular weight excluding hydrogens is 609 g/mol. The Morgan fingerprint density at radius 2 is 1.00 bits per heavy atom. The van der Waals surface area contributed by atoms with Crippen LogP contribution >= 0.6 is 0 Å². The summed E-state index contributed by atoms with van der Waals surface area (Å²) < 4.78 is 0. The molecule has 0 radical (unpaired) electrons. The fourth-order valence-corrected chi connectivity index (χ4v) is 8.53. The van der Waals surface area contributed by atoms with E-state index in [0.717, 1.165) is 79.7 Å². The van der Waals surface area contributed by atoms with Gasteiger partial charge in [-0.1, -0.05) is 89.1 Å². The molecule has 6 aromatic rings. The van der Waals surface area contributed by atoms with Gasteiger partial charge in [0, 0.05) is 33.2 Å². The molecule has 5 heterocycles. The van der Waals surface area contributed by atoms with E-state index < -0.39 is 0 Å². The van der Waals surface area contributed by atoms with Gasteiger partial charge in [-0.2, -0.15) is 0 Å². The van der Waals surface area contributed by atoms with Crippen LogP contribution in [-0.2, 0) is 19.3 Å². The molecule has 0 saturated heterocycles. The van der Waals surface area contributed by atoms with E-state index in [1.807, 2.05) is 0 Å². The molecule has 0 saturated carbocycles. The molecule has 3 aromatic carbocycles. The van der Waals surface area contributed by atoms with E-state index in [1.165, 1.54) is 82.6 Å². The van der Waals surface area contributed by atoms with Crippen LogP contribution in [0.2, 0.25) is 0 Å². The van der Waals surface area contributed by atoms with Crippen LogP contribution in [-0.4, -0.2) is 19.9 Å². The summed E-state index contributed by atoms with van der Waals surface area (Å²) in [6.07, 6.45) is 8.55. The SMILES string of the molecule is CCCCC1=C(C)c2cc3[nH]c(cc4[nH]c(cc5nc(cc1n2)-c1c-5c2ccccc2c2ccccc12)c(CCCC)c4C)c(CC)c3CC. The van der Waals surface area contributed by atoms with E-state index in [0.29, 0.717) is 0 Å². The summed E-state index contributed by atoms with van der Waals surface area (Å²) >= 11 is 0. The Morgan fingerprint density at radius 1 is 0.500 bits per heavy atom. The standard InChI is InChI=1S/C46H48N4/c1-7-11-17-31-27(5)37-23-39-29(9-3)30(10-4)40(49-39)24-38-28(6)32(18-12-8-2)42(48-38)26-44-46-36-22-16-14-20-34(36)33-19-13-15-21-35(33)45(46)43(50-44)25-41(31)47-37/h13-16,19-26,47,49H,7-12,17-18H2,1-6H3. The number of unbranched alkanes of at least 4 members (excludes halogenated alkanes) is 2. The number of hydrogen-bond donors (Lipinski definition) is 2. The van der Waals surface area contributed by atoms with Crippen LogP contribution in [0.5, 0.6) is 0 Å². The highest BCUT2D eigenvalue weighted by Gasteiger charge is 2.25. The number of allylic oxidation sites excluding steroid dienone is 2. The Kier molecular flexibility index (Phi) is 8.42. The maximum absolute atomic E-state index is 5.56. The van der Waals surface area contributed by atoms with Crippen LogP contribution < -0.4 is 0 Å². The molecule has 0 amide bonds. The van der Waals surface area contributed by atoms with Crippen molar-refractivity contribution in [2.45, 2.75) is 92.9 Å². The van der Waals surface area contributed by atoms with Gasteiger partial charge >= 0.3 is 0 Å². The molecule has 0 unspecified atom stereocenters. The highest BCUT2D eigenvalue weighted by molar-refractivity contribution is 6.22. The van der Waals surface area contributed by atoms with Crippen LogP contribution in [0.25, 0.3) is 77.3 Å². The summed E-state index contributed by atoms with van der Waals surface area (Å²) in [7, 11) is 0. The Balaban J connectivity index is 1.58. The van der Waals surface area contributed by atoms with Crippen molar-refractivity contribution < 1.29 is 0 Å². The molecule has 50 heavy (non-hydrogen) atoms. The zero-order valence-electron chi connectivity index (χ0n) is 30.5. The van der Waals surface area contributed by atoms with Crippen LogP contribution in [0, 0.1) is 6.92 Å². The lowest BCUT2D eigenvalue weighted by molar-refractivity contribution is 0.797. The molecule has 4 nitrogen and oxygen atoms in total. The zero-order valence-corrected chi connectivity index (χ0v) is 30.5. The molecule has 8 rings (SSSR count). The van der Waals surface area contributed by atoms with Crippen molar-refractivity contribution in [3.8, 4) is 22.5 Å². The van der Waals surface area contributed by atoms with Crippen LogP contribution in [0.15, 0.2) is 72.8 Å². The van der Waals surface area contributed by atoms with Gasteiger partial charge in [0.05, 0.1) is 22.8 Å². The fourth-order valence-electron chi connectivity index (χ4n) is 8.53. The zero-order chi connectivity index (χ0) is 34.5. The number of aromatic amines is 2. The fraction of sp³-hybridized carbons (Fsp3) is 0.304. The van der Waals surface area contributed by atoms with Gasteiger partial charge in [0.1, 0.15) is 0 Å². The Morgan fingerprint density at radius 3 is 1.62 bits per heavy atom. The van der Waals surface area contributed by atoms with Crippen LogP contribution in [0.1, 0.15) is 100 Å². The van der Waals surface area contributed by atoms with Gasteiger partial charge in [-0.05, 0) is 132 Å². The van der Waals surface area contributed by atoms with E-state index in [1.54, 1.807) is 0 Å². The molecule has 2 N–H and O–H groups in total. The number of aromatic nitrogens is 4. The number of nitrogens with zero attached hydrogens (tertiary/aromatic N) is 2. The van der Waals surface area contributed by atoms with Gasteiger partial charge in [0.25, 0.3) is 0 Å². The molecule has 3 aromatic heterocycles. The number of benzene rings is 3. The smallest absolute Gasteiger partial charge is 0.0744 e. The molecule has 2 aliphatic rings. The Labute approximate surface area is 295 Å². The average molecular weight is 657 g/mol. The van der Waals surface area contributed by atoms with Crippen molar-refractivity contribution >= 4 is 54.8 Å². The lowest BCUT2D eigenvalue weighted by Gasteiger charge is -2.12. The number of H-pyrrole nitrogens is 2. The minimum Gasteiger partial charge on any atom is -0.355 e. The Bertz CT molecular complexity index is 2500. The maximum atomic E-state index is 5.56. The first-order chi connectivity index (χ1) is 24.4. The quantitative estimate of drug-likeness (QED) is 0.160. The van der Waals surface area contributed by atoms with Crippen molar-refractivity contribution in [3.05, 3.63) is 106 Å². The highest BCUT2D eigenvalue weighted by Crippen LogP contribution is 2.47. The number of aryl methyl sites for hydroxylation is 4. The molecule has 252 valence electrons. The molecule has 0 aliphatic carbocycles. The summed E-state index contributed by atoms with van der Waals surface area (Å²) in [6, 6.07) is 27.0. The normalized spacial score (nSPS) is 12.8. The van der Waals surface area contributed by atoms with Gasteiger partial charge in [0.15, 0.2) is 0 Å². The summed E-state index contributed by atoms with van der Waals surface area (Å²) in [6.45, 7) is 13.7. The summed E-state index contributed by atoms with van der Waals surface area (Å²) in [5.74, 6) is 0. The molecule has 4 heteroatoms. The summed E-state index contributed by atoms with van der Waals surface area (Å²) in [4.78, 5) is 18.8. The monoisotopic (exact) mass is 656 g/mol. The lowest BCUT2D eigenvalue weighted by Crippen LogP contribution is -1.88. The number of hydrogen-bond acceptors (Lipinski definition) is 2. The minimum absolute atomic E-state index is 0.970. The number of nitrogens with one attached hydrogen (secondary N) is 2. The third kappa shape index (κ3) is 5.19. The second-order valence-electron chi connectivity index (χ2n) is 14.2. The Hall–Kier alpha value is -4.96. The van der Waals surface area contributed by atoms with Crippen molar-refractivity contribution in [1.82, 2.24) is 19.9 Å². The van der Waals surface area contributed by atoms with Crippen LogP contribution in [0.4, 0.5) is 0 Å². The van der Waals surface area contributed by atoms with Crippen molar-refractivity contribution in [1.29, 1.82) is 0 Å². The van der Waals surface area contributed by atoms with Gasteiger partial charge in [-0.15, -0.1) is 0 Å². The first-order valence-corrected chi connectivity index (χ1v) is 18.9. The molecule has 2 aliphatic heterocycles. The second kappa shape index (κ2) is 13.1. The average Bonchev–Trinajstić information content (AvgIpc) is 3.83. The molecule has 0 atom stereocenters. The predicted octanol–water partition coefficient (Wildman–Crippen LogP) is 12.9. The van der Waals surface area contributed by atoms with Crippen molar-refractivity contribution in [2.75, 3.05) is 0 Å². The minimum atomic E-state index is 0.970. The molecule has 0 spiro atoms. The molecule has 0 fully saturated rings. The van der Waals surface area contributed by atoms with Gasteiger partial charge < -0.3 is 9.97 Å². The third-order valence-electron chi connectivity index (χ3n) is 11.2. The van der Waals surface area contributed by atoms with E-state index in [2.05, 4.69) is 124 Å². The highest BCUT2D eigenvalue weighted by atomic mass is 14.8. The second-order valence-corrected chi connectivity index (χ2v) is 14.2. The first kappa shape index (κ1) is 32.3. The van der Waals surface area contributed by atoms with E-state index >= 15 is 0 Å². The number of fused-ring (bicyclic) bond motifs is 16. The van der Waals surface area contributed by atoms with Crippen LogP contribution in [0.3, 0.4) is 0 Å². The van der Waals surface area contributed by atoms with Gasteiger partial charge in [-0.3, -0.25) is 0 Å². The van der Waals surface area contributed by atoms with E-state index in [-0.39, 0.29) is 0 Å². The summed E-state index contributed by atoms with van der Waals surface area (Å²) in [5, 5.41) is 5.01. The first-order valence-electron chi connectivity index (χ1n) is 18.9. The van der Waals surface area contributed by atoms with E-state index in [4.69, 9.17) is 9.97 Å². The number of rotatable bonds is 8. The molecule has 8 bridgehead atoms. The van der Waals surface area contributed by atoms with E-state index in [9.17, 15) is 0 Å².